The minimum atomic E-state index is -0.538. The van der Waals surface area contributed by atoms with Crippen LogP contribution in [0, 0.1) is 0 Å². The molecule has 1 aromatic carbocycles. The van der Waals surface area contributed by atoms with Crippen LogP contribution in [0.4, 0.5) is 5.69 Å². The van der Waals surface area contributed by atoms with Gasteiger partial charge in [-0.1, -0.05) is 0 Å². The molecule has 1 aliphatic rings. The molecule has 0 fully saturated rings. The van der Waals surface area contributed by atoms with Gasteiger partial charge in [0.2, 0.25) is 6.79 Å². The quantitative estimate of drug-likeness (QED) is 0.711. The molecule has 0 saturated heterocycles. The summed E-state index contributed by atoms with van der Waals surface area (Å²) in [4.78, 5) is 16.9. The highest BCUT2D eigenvalue weighted by Crippen LogP contribution is 2.39. The third kappa shape index (κ3) is 1.44. The summed E-state index contributed by atoms with van der Waals surface area (Å²) in [6.45, 7) is 0.216. The van der Waals surface area contributed by atoms with E-state index in [0.717, 1.165) is 16.3 Å². The second-order valence-electron chi connectivity index (χ2n) is 4.45. The molecule has 4 N–H and O–H groups in total. The van der Waals surface area contributed by atoms with E-state index in [1.165, 1.54) is 11.3 Å². The van der Waals surface area contributed by atoms with Crippen molar-refractivity contribution in [3.05, 3.63) is 23.1 Å². The summed E-state index contributed by atoms with van der Waals surface area (Å²) in [5.41, 5.74) is 12.4. The summed E-state index contributed by atoms with van der Waals surface area (Å²) in [6, 6.07) is 5.56. The highest BCUT2D eigenvalue weighted by atomic mass is 32.1. The molecule has 0 bridgehead atoms. The van der Waals surface area contributed by atoms with E-state index >= 15 is 0 Å². The number of hydrogen-bond donors (Lipinski definition) is 2. The summed E-state index contributed by atoms with van der Waals surface area (Å²) >= 11 is 1.20. The van der Waals surface area contributed by atoms with Gasteiger partial charge in [0.15, 0.2) is 11.5 Å². The van der Waals surface area contributed by atoms with E-state index in [9.17, 15) is 4.79 Å². The van der Waals surface area contributed by atoms with Crippen LogP contribution in [0.25, 0.3) is 21.1 Å². The van der Waals surface area contributed by atoms with Gasteiger partial charge in [0.25, 0.3) is 5.91 Å². The standard InChI is InChI=1S/C13H9N3O3S/c14-10-6-1-5-2-8-9(19-4-18-8)3-7(5)16-13(6)20-11(10)12(15)17/h1-3H,4,14H2,(H2,15,17). The zero-order valence-corrected chi connectivity index (χ0v) is 11.0. The van der Waals surface area contributed by atoms with Gasteiger partial charge in [-0.3, -0.25) is 4.79 Å². The number of carbonyl (C=O) groups excluding carboxylic acids is 1. The maximum Gasteiger partial charge on any atom is 0.260 e. The Hall–Kier alpha value is -2.54. The van der Waals surface area contributed by atoms with Crippen molar-refractivity contribution in [2.24, 2.45) is 5.73 Å². The van der Waals surface area contributed by atoms with Crippen LogP contribution < -0.4 is 20.9 Å². The molecule has 20 heavy (non-hydrogen) atoms. The summed E-state index contributed by atoms with van der Waals surface area (Å²) in [5.74, 6) is 0.815. The molecule has 1 aliphatic heterocycles. The first-order valence-corrected chi connectivity index (χ1v) is 6.67. The van der Waals surface area contributed by atoms with Gasteiger partial charge in [-0.05, 0) is 12.1 Å². The summed E-state index contributed by atoms with van der Waals surface area (Å²) < 4.78 is 10.7. The summed E-state index contributed by atoms with van der Waals surface area (Å²) in [6.07, 6.45) is 0. The van der Waals surface area contributed by atoms with Crippen molar-refractivity contribution in [3.63, 3.8) is 0 Å². The molecule has 2 aromatic heterocycles. The zero-order valence-electron chi connectivity index (χ0n) is 10.2. The fourth-order valence-corrected chi connectivity index (χ4v) is 3.21. The number of fused-ring (bicyclic) bond motifs is 3. The van der Waals surface area contributed by atoms with Crippen LogP contribution in [-0.2, 0) is 0 Å². The molecule has 3 aromatic rings. The molecular weight excluding hydrogens is 278 g/mol. The number of primary amides is 1. The Bertz CT molecular complexity index is 888. The Balaban J connectivity index is 2.06. The van der Waals surface area contributed by atoms with Crippen molar-refractivity contribution in [1.82, 2.24) is 4.98 Å². The lowest BCUT2D eigenvalue weighted by Crippen LogP contribution is -2.10. The van der Waals surface area contributed by atoms with Gasteiger partial charge in [0.1, 0.15) is 9.71 Å². The third-order valence-corrected chi connectivity index (χ3v) is 4.36. The first-order chi connectivity index (χ1) is 9.63. The van der Waals surface area contributed by atoms with Gasteiger partial charge < -0.3 is 20.9 Å². The Morgan fingerprint density at radius 2 is 2.00 bits per heavy atom. The van der Waals surface area contributed by atoms with Gasteiger partial charge in [-0.2, -0.15) is 0 Å². The maximum atomic E-state index is 11.3. The third-order valence-electron chi connectivity index (χ3n) is 3.23. The molecule has 0 radical (unpaired) electrons. The highest BCUT2D eigenvalue weighted by molar-refractivity contribution is 7.21. The number of nitrogens with zero attached hydrogens (tertiary/aromatic N) is 1. The predicted molar refractivity (Wildman–Crippen MR) is 76.2 cm³/mol. The first-order valence-electron chi connectivity index (χ1n) is 5.85. The highest BCUT2D eigenvalue weighted by Gasteiger charge is 2.18. The molecule has 4 rings (SSSR count). The van der Waals surface area contributed by atoms with E-state index in [0.29, 0.717) is 26.9 Å². The SMILES string of the molecule is NC(=O)c1sc2nc3cc4c(cc3cc2c1N)OCO4. The number of rotatable bonds is 1. The van der Waals surface area contributed by atoms with Crippen molar-refractivity contribution >= 4 is 44.1 Å². The predicted octanol–water partition coefficient (Wildman–Crippen LogP) is 1.86. The van der Waals surface area contributed by atoms with Crippen LogP contribution in [-0.4, -0.2) is 17.7 Å². The largest absolute Gasteiger partial charge is 0.454 e. The second-order valence-corrected chi connectivity index (χ2v) is 5.45. The normalized spacial score (nSPS) is 13.2. The number of aromatic nitrogens is 1. The lowest BCUT2D eigenvalue weighted by Gasteiger charge is -2.01. The number of benzene rings is 1. The molecule has 0 spiro atoms. The minimum Gasteiger partial charge on any atom is -0.454 e. The number of nitrogen functional groups attached to an aromatic ring is 1. The van der Waals surface area contributed by atoms with Crippen LogP contribution in [0.1, 0.15) is 9.67 Å². The molecule has 0 unspecified atom stereocenters. The Labute approximate surface area is 116 Å². The molecule has 7 heteroatoms. The summed E-state index contributed by atoms with van der Waals surface area (Å²) in [5, 5.41) is 1.61. The van der Waals surface area contributed by atoms with Crippen LogP contribution >= 0.6 is 11.3 Å². The van der Waals surface area contributed by atoms with E-state index in [4.69, 9.17) is 20.9 Å². The monoisotopic (exact) mass is 287 g/mol. The van der Waals surface area contributed by atoms with Crippen molar-refractivity contribution < 1.29 is 14.3 Å². The zero-order chi connectivity index (χ0) is 13.9. The molecule has 1 amide bonds. The number of amides is 1. The smallest absolute Gasteiger partial charge is 0.260 e. The fraction of sp³-hybridized carbons (Fsp3) is 0.0769. The van der Waals surface area contributed by atoms with Gasteiger partial charge in [0.05, 0.1) is 11.2 Å². The Morgan fingerprint density at radius 3 is 2.75 bits per heavy atom. The number of carbonyl (C=O) groups is 1. The number of nitrogens with two attached hydrogens (primary N) is 2. The molecular formula is C13H9N3O3S. The molecule has 3 heterocycles. The molecule has 0 atom stereocenters. The molecule has 100 valence electrons. The van der Waals surface area contributed by atoms with Crippen LogP contribution in [0.5, 0.6) is 11.5 Å². The van der Waals surface area contributed by atoms with E-state index in [1.54, 1.807) is 0 Å². The van der Waals surface area contributed by atoms with E-state index in [2.05, 4.69) is 4.98 Å². The van der Waals surface area contributed by atoms with E-state index in [-0.39, 0.29) is 6.79 Å². The molecule has 0 saturated carbocycles. The van der Waals surface area contributed by atoms with Crippen LogP contribution in [0.3, 0.4) is 0 Å². The fourth-order valence-electron chi connectivity index (χ4n) is 2.27. The maximum absolute atomic E-state index is 11.3. The van der Waals surface area contributed by atoms with Gasteiger partial charge in [-0.25, -0.2) is 4.98 Å². The average Bonchev–Trinajstić information content (AvgIpc) is 2.98. The van der Waals surface area contributed by atoms with Crippen molar-refractivity contribution in [2.45, 2.75) is 0 Å². The lowest BCUT2D eigenvalue weighted by molar-refractivity contribution is 0.100. The van der Waals surface area contributed by atoms with Gasteiger partial charge >= 0.3 is 0 Å². The minimum absolute atomic E-state index is 0.216. The number of anilines is 1. The van der Waals surface area contributed by atoms with E-state index in [1.807, 2.05) is 18.2 Å². The Morgan fingerprint density at radius 1 is 1.25 bits per heavy atom. The van der Waals surface area contributed by atoms with Crippen molar-refractivity contribution in [1.29, 1.82) is 0 Å². The number of ether oxygens (including phenoxy) is 2. The number of hydrogen-bond acceptors (Lipinski definition) is 6. The topological polar surface area (TPSA) is 100 Å². The van der Waals surface area contributed by atoms with E-state index < -0.39 is 5.91 Å². The average molecular weight is 287 g/mol. The van der Waals surface area contributed by atoms with Crippen molar-refractivity contribution in [2.75, 3.05) is 12.5 Å². The second kappa shape index (κ2) is 3.73. The number of pyridine rings is 1. The van der Waals surface area contributed by atoms with Gasteiger partial charge in [-0.15, -0.1) is 11.3 Å². The molecule has 6 nitrogen and oxygen atoms in total. The number of thiophene rings is 1. The summed E-state index contributed by atoms with van der Waals surface area (Å²) in [7, 11) is 0. The van der Waals surface area contributed by atoms with Crippen LogP contribution in [0.15, 0.2) is 18.2 Å². The Kier molecular flexibility index (Phi) is 2.11. The lowest BCUT2D eigenvalue weighted by atomic mass is 10.1. The molecule has 0 aliphatic carbocycles. The van der Waals surface area contributed by atoms with Gasteiger partial charge in [0, 0.05) is 16.8 Å². The van der Waals surface area contributed by atoms with Crippen molar-refractivity contribution in [3.8, 4) is 11.5 Å². The first kappa shape index (κ1) is 11.3. The van der Waals surface area contributed by atoms with Crippen LogP contribution in [0.2, 0.25) is 0 Å².